The summed E-state index contributed by atoms with van der Waals surface area (Å²) >= 11 is 11.6. The molecule has 0 bridgehead atoms. The van der Waals surface area contributed by atoms with Gasteiger partial charge in [0.2, 0.25) is 0 Å². The Balaban J connectivity index is 1.61. The van der Waals surface area contributed by atoms with Gasteiger partial charge in [0.05, 0.1) is 23.3 Å². The molecule has 1 saturated heterocycles. The van der Waals surface area contributed by atoms with E-state index in [1.165, 1.54) is 12.3 Å². The Morgan fingerprint density at radius 2 is 2.38 bits per heavy atom. The minimum Gasteiger partial charge on any atom is -0.379 e. The van der Waals surface area contributed by atoms with E-state index in [9.17, 15) is 4.79 Å². The molecule has 0 aromatic carbocycles. The zero-order chi connectivity index (χ0) is 15.1. The molecule has 1 aromatic rings. The van der Waals surface area contributed by atoms with Crippen LogP contribution in [0.15, 0.2) is 12.3 Å². The first-order chi connectivity index (χ1) is 10.2. The van der Waals surface area contributed by atoms with Gasteiger partial charge in [-0.2, -0.15) is 0 Å². The molecule has 2 heterocycles. The van der Waals surface area contributed by atoms with Gasteiger partial charge in [0, 0.05) is 26.0 Å². The largest absolute Gasteiger partial charge is 0.379 e. The Labute approximate surface area is 133 Å². The number of nitrogens with one attached hydrogen (secondary N) is 1. The van der Waals surface area contributed by atoms with Crippen molar-refractivity contribution in [2.24, 2.45) is 0 Å². The van der Waals surface area contributed by atoms with Crippen LogP contribution in [-0.4, -0.2) is 43.4 Å². The molecule has 2 rings (SSSR count). The first-order valence-corrected chi connectivity index (χ1v) is 7.71. The Morgan fingerprint density at radius 1 is 1.52 bits per heavy atom. The number of hydrogen-bond acceptors (Lipinski definition) is 4. The third kappa shape index (κ3) is 5.43. The highest BCUT2D eigenvalue weighted by molar-refractivity contribution is 6.35. The van der Waals surface area contributed by atoms with Crippen LogP contribution in [0.5, 0.6) is 0 Å². The number of carbonyl (C=O) groups excluding carboxylic acids is 1. The number of ether oxygens (including phenoxy) is 2. The molecule has 1 atom stereocenters. The minimum atomic E-state index is -0.261. The fourth-order valence-corrected chi connectivity index (χ4v) is 2.40. The summed E-state index contributed by atoms with van der Waals surface area (Å²) in [6, 6.07) is 1.45. The lowest BCUT2D eigenvalue weighted by Gasteiger charge is -2.10. The van der Waals surface area contributed by atoms with Crippen molar-refractivity contribution in [3.05, 3.63) is 28.0 Å². The number of amides is 1. The third-order valence-corrected chi connectivity index (χ3v) is 3.65. The van der Waals surface area contributed by atoms with E-state index in [-0.39, 0.29) is 22.2 Å². The van der Waals surface area contributed by atoms with Crippen LogP contribution in [0.25, 0.3) is 0 Å². The van der Waals surface area contributed by atoms with Crippen LogP contribution < -0.4 is 5.32 Å². The van der Waals surface area contributed by atoms with Gasteiger partial charge in [0.15, 0.2) is 0 Å². The lowest BCUT2D eigenvalue weighted by molar-refractivity contribution is 0.0166. The second-order valence-corrected chi connectivity index (χ2v) is 5.60. The summed E-state index contributed by atoms with van der Waals surface area (Å²) < 4.78 is 11.0. The van der Waals surface area contributed by atoms with E-state index >= 15 is 0 Å². The summed E-state index contributed by atoms with van der Waals surface area (Å²) in [5, 5.41) is 3.30. The second-order valence-electron chi connectivity index (χ2n) is 4.81. The second kappa shape index (κ2) is 8.54. The first kappa shape index (κ1) is 16.5. The molecule has 1 aromatic heterocycles. The predicted molar refractivity (Wildman–Crippen MR) is 81.0 cm³/mol. The van der Waals surface area contributed by atoms with Crippen LogP contribution in [0.4, 0.5) is 0 Å². The van der Waals surface area contributed by atoms with Gasteiger partial charge in [-0.25, -0.2) is 4.98 Å². The highest BCUT2D eigenvalue weighted by Crippen LogP contribution is 2.17. The minimum absolute atomic E-state index is 0.234. The van der Waals surface area contributed by atoms with Gasteiger partial charge < -0.3 is 14.8 Å². The predicted octanol–water partition coefficient (Wildman–Crippen LogP) is 2.70. The van der Waals surface area contributed by atoms with Crippen molar-refractivity contribution in [1.82, 2.24) is 10.3 Å². The zero-order valence-corrected chi connectivity index (χ0v) is 13.1. The van der Waals surface area contributed by atoms with Crippen LogP contribution >= 0.6 is 23.2 Å². The first-order valence-electron chi connectivity index (χ1n) is 6.95. The van der Waals surface area contributed by atoms with Gasteiger partial charge in [-0.15, -0.1) is 0 Å². The van der Waals surface area contributed by atoms with E-state index in [0.717, 1.165) is 25.9 Å². The molecule has 0 aliphatic carbocycles. The normalized spacial score (nSPS) is 17.9. The molecule has 7 heteroatoms. The molecular weight excluding hydrogens is 315 g/mol. The molecule has 1 N–H and O–H groups in total. The van der Waals surface area contributed by atoms with E-state index in [1.807, 2.05) is 0 Å². The average Bonchev–Trinajstić information content (AvgIpc) is 2.98. The Morgan fingerprint density at radius 3 is 3.14 bits per heavy atom. The van der Waals surface area contributed by atoms with Crippen molar-refractivity contribution >= 4 is 29.1 Å². The summed E-state index contributed by atoms with van der Waals surface area (Å²) in [6.07, 6.45) is 4.51. The number of aromatic nitrogens is 1. The molecule has 0 saturated carbocycles. The highest BCUT2D eigenvalue weighted by atomic mass is 35.5. The van der Waals surface area contributed by atoms with Gasteiger partial charge in [0.25, 0.3) is 5.91 Å². The summed E-state index contributed by atoms with van der Waals surface area (Å²) in [5.41, 5.74) is 0.331. The molecule has 0 spiro atoms. The van der Waals surface area contributed by atoms with E-state index in [2.05, 4.69) is 10.3 Å². The standard InChI is InChI=1S/C14H18Cl2N2O3/c15-12-8-18-13(16)7-11(12)14(19)17-4-2-5-20-9-10-3-1-6-21-10/h7-8,10H,1-6,9H2,(H,17,19). The summed E-state index contributed by atoms with van der Waals surface area (Å²) in [5.74, 6) is -0.261. The van der Waals surface area contributed by atoms with Crippen LogP contribution in [0.2, 0.25) is 10.2 Å². The van der Waals surface area contributed by atoms with Crippen molar-refractivity contribution < 1.29 is 14.3 Å². The van der Waals surface area contributed by atoms with Crippen molar-refractivity contribution in [1.29, 1.82) is 0 Å². The maximum absolute atomic E-state index is 11.9. The van der Waals surface area contributed by atoms with Gasteiger partial charge in [-0.1, -0.05) is 23.2 Å². The molecule has 5 nitrogen and oxygen atoms in total. The summed E-state index contributed by atoms with van der Waals surface area (Å²) in [4.78, 5) is 15.7. The van der Waals surface area contributed by atoms with E-state index in [0.29, 0.717) is 25.3 Å². The summed E-state index contributed by atoms with van der Waals surface area (Å²) in [6.45, 7) is 2.56. The van der Waals surface area contributed by atoms with Crippen molar-refractivity contribution in [3.8, 4) is 0 Å². The molecular formula is C14H18Cl2N2O3. The highest BCUT2D eigenvalue weighted by Gasteiger charge is 2.15. The number of nitrogens with zero attached hydrogens (tertiary/aromatic N) is 1. The van der Waals surface area contributed by atoms with Gasteiger partial charge in [0.1, 0.15) is 5.15 Å². The fourth-order valence-electron chi connectivity index (χ4n) is 2.05. The van der Waals surface area contributed by atoms with Gasteiger partial charge >= 0.3 is 0 Å². The monoisotopic (exact) mass is 332 g/mol. The number of rotatable bonds is 7. The number of carbonyl (C=O) groups is 1. The third-order valence-electron chi connectivity index (χ3n) is 3.15. The smallest absolute Gasteiger partial charge is 0.252 e. The van der Waals surface area contributed by atoms with Crippen molar-refractivity contribution in [3.63, 3.8) is 0 Å². The van der Waals surface area contributed by atoms with Crippen molar-refractivity contribution in [2.45, 2.75) is 25.4 Å². The number of halogens is 2. The van der Waals surface area contributed by atoms with E-state index in [4.69, 9.17) is 32.7 Å². The Kier molecular flexibility index (Phi) is 6.70. The quantitative estimate of drug-likeness (QED) is 0.616. The maximum Gasteiger partial charge on any atom is 0.252 e. The molecule has 116 valence electrons. The van der Waals surface area contributed by atoms with E-state index < -0.39 is 0 Å². The van der Waals surface area contributed by atoms with Crippen LogP contribution in [0.1, 0.15) is 29.6 Å². The molecule has 1 fully saturated rings. The lowest BCUT2D eigenvalue weighted by atomic mass is 10.2. The molecule has 1 amide bonds. The summed E-state index contributed by atoms with van der Waals surface area (Å²) in [7, 11) is 0. The average molecular weight is 333 g/mol. The van der Waals surface area contributed by atoms with Gasteiger partial charge in [-0.3, -0.25) is 4.79 Å². The van der Waals surface area contributed by atoms with Crippen LogP contribution in [-0.2, 0) is 9.47 Å². The zero-order valence-electron chi connectivity index (χ0n) is 11.6. The van der Waals surface area contributed by atoms with Crippen LogP contribution in [0.3, 0.4) is 0 Å². The number of pyridine rings is 1. The molecule has 1 aliphatic rings. The Bertz CT molecular complexity index is 479. The lowest BCUT2D eigenvalue weighted by Crippen LogP contribution is -2.26. The number of hydrogen-bond donors (Lipinski definition) is 1. The molecule has 1 unspecified atom stereocenters. The molecule has 1 aliphatic heterocycles. The van der Waals surface area contributed by atoms with Gasteiger partial charge in [-0.05, 0) is 25.3 Å². The fraction of sp³-hybridized carbons (Fsp3) is 0.571. The van der Waals surface area contributed by atoms with Crippen molar-refractivity contribution in [2.75, 3.05) is 26.4 Å². The van der Waals surface area contributed by atoms with E-state index in [1.54, 1.807) is 0 Å². The Hall–Kier alpha value is -0.880. The SMILES string of the molecule is O=C(NCCCOCC1CCCO1)c1cc(Cl)ncc1Cl. The molecule has 0 radical (unpaired) electrons. The van der Waals surface area contributed by atoms with Crippen LogP contribution in [0, 0.1) is 0 Å². The maximum atomic E-state index is 11.9. The topological polar surface area (TPSA) is 60.5 Å². The molecule has 21 heavy (non-hydrogen) atoms.